The molecule has 2 heterocycles. The number of rotatable bonds is 9. The molecule has 0 unspecified atom stereocenters. The minimum absolute atomic E-state index is 0.0705. The molecule has 0 N–H and O–H groups in total. The van der Waals surface area contributed by atoms with Crippen LogP contribution >= 0.6 is 0 Å². The zero-order valence-corrected chi connectivity index (χ0v) is 20.3. The Kier molecular flexibility index (Phi) is 7.26. The van der Waals surface area contributed by atoms with Gasteiger partial charge in [-0.3, -0.25) is 0 Å². The molecule has 0 aliphatic heterocycles. The summed E-state index contributed by atoms with van der Waals surface area (Å²) in [6, 6.07) is 27.8. The first-order valence-electron chi connectivity index (χ1n) is 12.0. The van der Waals surface area contributed by atoms with Gasteiger partial charge < -0.3 is 9.47 Å². The van der Waals surface area contributed by atoms with Gasteiger partial charge in [-0.2, -0.15) is 4.80 Å². The van der Waals surface area contributed by atoms with Gasteiger partial charge in [-0.05, 0) is 53.6 Å². The average molecular weight is 492 g/mol. The van der Waals surface area contributed by atoms with Crippen LogP contribution in [0.5, 0.6) is 5.75 Å². The number of hydrogen-bond donors (Lipinski definition) is 0. The van der Waals surface area contributed by atoms with E-state index in [2.05, 4.69) is 26.5 Å². The zero-order valence-electron chi connectivity index (χ0n) is 20.3. The number of para-hydroxylation sites is 1. The van der Waals surface area contributed by atoms with Crippen LogP contribution in [0.25, 0.3) is 34.4 Å². The highest BCUT2D eigenvalue weighted by atomic mass is 16.5. The Balaban J connectivity index is 1.19. The lowest BCUT2D eigenvalue weighted by Gasteiger charge is -2.07. The molecule has 0 bridgehead atoms. The molecule has 8 nitrogen and oxygen atoms in total. The number of nitrogens with zero attached hydrogens (tertiary/aromatic N) is 5. The highest BCUT2D eigenvalue weighted by Crippen LogP contribution is 2.19. The van der Waals surface area contributed by atoms with Crippen molar-refractivity contribution in [2.24, 2.45) is 0 Å². The fourth-order valence-electron chi connectivity index (χ4n) is 3.74. The van der Waals surface area contributed by atoms with E-state index < -0.39 is 5.97 Å². The van der Waals surface area contributed by atoms with Crippen LogP contribution in [0, 0.1) is 0 Å². The number of hydrogen-bond acceptors (Lipinski definition) is 7. The monoisotopic (exact) mass is 491 g/mol. The highest BCUT2D eigenvalue weighted by molar-refractivity contribution is 5.78. The first kappa shape index (κ1) is 23.9. The molecular formula is C29H25N5O3. The third-order valence-corrected chi connectivity index (χ3v) is 5.56. The summed E-state index contributed by atoms with van der Waals surface area (Å²) in [4.78, 5) is 17.5. The second kappa shape index (κ2) is 11.3. The maximum absolute atomic E-state index is 11.6. The topological polar surface area (TPSA) is 92.0 Å². The van der Waals surface area contributed by atoms with Crippen LogP contribution in [0.15, 0.2) is 84.9 Å². The summed E-state index contributed by atoms with van der Waals surface area (Å²) in [6.07, 6.45) is 4.04. The molecule has 0 atom stereocenters. The van der Waals surface area contributed by atoms with Gasteiger partial charge in [-0.25, -0.2) is 9.78 Å². The summed E-state index contributed by atoms with van der Waals surface area (Å²) in [5, 5.41) is 13.4. The summed E-state index contributed by atoms with van der Waals surface area (Å²) in [5.74, 6) is 0.831. The molecule has 5 aromatic rings. The van der Waals surface area contributed by atoms with Gasteiger partial charge in [0, 0.05) is 10.9 Å². The Bertz CT molecular complexity index is 1540. The first-order chi connectivity index (χ1) is 18.2. The molecule has 37 heavy (non-hydrogen) atoms. The van der Waals surface area contributed by atoms with Gasteiger partial charge >= 0.3 is 5.97 Å². The van der Waals surface area contributed by atoms with E-state index in [1.54, 1.807) is 6.92 Å². The molecule has 184 valence electrons. The molecule has 0 radical (unpaired) electrons. The minimum Gasteiger partial charge on any atom is -0.487 e. The van der Waals surface area contributed by atoms with Crippen molar-refractivity contribution in [3.05, 3.63) is 102 Å². The van der Waals surface area contributed by atoms with E-state index in [9.17, 15) is 4.79 Å². The van der Waals surface area contributed by atoms with E-state index in [1.807, 2.05) is 91.0 Å². The quantitative estimate of drug-likeness (QED) is 0.207. The summed E-state index contributed by atoms with van der Waals surface area (Å²) < 4.78 is 10.8. The number of esters is 1. The number of aromatic nitrogens is 5. The molecule has 8 heteroatoms. The molecule has 0 amide bonds. The van der Waals surface area contributed by atoms with E-state index in [4.69, 9.17) is 9.47 Å². The van der Waals surface area contributed by atoms with Gasteiger partial charge in [-0.1, -0.05) is 66.7 Å². The van der Waals surface area contributed by atoms with Crippen molar-refractivity contribution in [2.75, 3.05) is 6.61 Å². The molecular weight excluding hydrogens is 466 g/mol. The number of pyridine rings is 1. The number of carbonyl (C=O) groups excluding carboxylic acids is 1. The van der Waals surface area contributed by atoms with Gasteiger partial charge in [0.2, 0.25) is 5.82 Å². The van der Waals surface area contributed by atoms with Crippen LogP contribution in [0.3, 0.4) is 0 Å². The summed E-state index contributed by atoms with van der Waals surface area (Å²) >= 11 is 0. The average Bonchev–Trinajstić information content (AvgIpc) is 3.40. The summed E-state index contributed by atoms with van der Waals surface area (Å²) in [6.45, 7) is 2.40. The third kappa shape index (κ3) is 6.24. The molecule has 0 saturated heterocycles. The van der Waals surface area contributed by atoms with Gasteiger partial charge in [-0.15, -0.1) is 10.2 Å². The van der Waals surface area contributed by atoms with E-state index in [0.29, 0.717) is 19.0 Å². The van der Waals surface area contributed by atoms with Crippen molar-refractivity contribution in [2.45, 2.75) is 20.1 Å². The Morgan fingerprint density at radius 2 is 1.76 bits per heavy atom. The highest BCUT2D eigenvalue weighted by Gasteiger charge is 2.10. The fourth-order valence-corrected chi connectivity index (χ4v) is 3.74. The normalized spacial score (nSPS) is 11.2. The molecule has 0 aliphatic carbocycles. The lowest BCUT2D eigenvalue weighted by atomic mass is 10.1. The molecule has 5 rings (SSSR count). The Hall–Kier alpha value is -4.85. The van der Waals surface area contributed by atoms with E-state index in [0.717, 1.165) is 39.0 Å². The van der Waals surface area contributed by atoms with Crippen LogP contribution in [0.1, 0.15) is 23.7 Å². The second-order valence-corrected chi connectivity index (χ2v) is 8.26. The van der Waals surface area contributed by atoms with Gasteiger partial charge in [0.1, 0.15) is 12.4 Å². The van der Waals surface area contributed by atoms with Crippen molar-refractivity contribution >= 4 is 29.0 Å². The third-order valence-electron chi connectivity index (χ3n) is 5.56. The second-order valence-electron chi connectivity index (χ2n) is 8.26. The molecule has 3 aromatic carbocycles. The predicted molar refractivity (Wildman–Crippen MR) is 141 cm³/mol. The van der Waals surface area contributed by atoms with Crippen molar-refractivity contribution < 1.29 is 14.3 Å². The summed E-state index contributed by atoms with van der Waals surface area (Å²) in [5.41, 5.74) is 4.69. The Morgan fingerprint density at radius 3 is 2.62 bits per heavy atom. The Morgan fingerprint density at radius 1 is 0.919 bits per heavy atom. The number of ether oxygens (including phenoxy) is 2. The Labute approximate surface area is 214 Å². The van der Waals surface area contributed by atoms with E-state index >= 15 is 0 Å². The number of fused-ring (bicyclic) bond motifs is 1. The van der Waals surface area contributed by atoms with Crippen LogP contribution in [0.2, 0.25) is 0 Å². The lowest BCUT2D eigenvalue weighted by Crippen LogP contribution is -2.15. The molecule has 0 aliphatic rings. The summed E-state index contributed by atoms with van der Waals surface area (Å²) in [7, 11) is 0. The largest absolute Gasteiger partial charge is 0.487 e. The first-order valence-corrected chi connectivity index (χ1v) is 12.0. The van der Waals surface area contributed by atoms with Gasteiger partial charge in [0.25, 0.3) is 0 Å². The van der Waals surface area contributed by atoms with Crippen molar-refractivity contribution in [3.8, 4) is 17.1 Å². The van der Waals surface area contributed by atoms with Gasteiger partial charge in [0.05, 0.1) is 17.8 Å². The van der Waals surface area contributed by atoms with Crippen molar-refractivity contribution in [1.82, 2.24) is 25.2 Å². The smallest absolute Gasteiger partial charge is 0.329 e. The number of tetrazole rings is 1. The SMILES string of the molecule is CCOC(=O)Cn1nnc(-c2cccc(C=Cc3ccc(OCc4ccc5ccccc5n4)cc3)c2)n1. The maximum atomic E-state index is 11.6. The van der Waals surface area contributed by atoms with Crippen LogP contribution in [0.4, 0.5) is 0 Å². The van der Waals surface area contributed by atoms with Crippen molar-refractivity contribution in [3.63, 3.8) is 0 Å². The number of benzene rings is 3. The van der Waals surface area contributed by atoms with Crippen molar-refractivity contribution in [1.29, 1.82) is 0 Å². The molecule has 0 saturated carbocycles. The molecule has 2 aromatic heterocycles. The molecule has 0 spiro atoms. The van der Waals surface area contributed by atoms with E-state index in [1.165, 1.54) is 4.80 Å². The molecule has 0 fully saturated rings. The number of carbonyl (C=O) groups is 1. The fraction of sp³-hybridized carbons (Fsp3) is 0.138. The minimum atomic E-state index is -0.398. The van der Waals surface area contributed by atoms with Gasteiger partial charge in [0.15, 0.2) is 6.54 Å². The van der Waals surface area contributed by atoms with E-state index in [-0.39, 0.29) is 6.54 Å². The maximum Gasteiger partial charge on any atom is 0.329 e. The zero-order chi connectivity index (χ0) is 25.5. The van der Waals surface area contributed by atoms with Crippen LogP contribution in [-0.2, 0) is 22.7 Å². The van der Waals surface area contributed by atoms with Crippen LogP contribution < -0.4 is 4.74 Å². The lowest BCUT2D eigenvalue weighted by molar-refractivity contribution is -0.144. The standard InChI is InChI=1S/C29H25N5O3/c1-2-36-28(35)19-34-32-29(31-33-34)24-8-5-6-22(18-24)11-10-21-12-16-26(17-13-21)37-20-25-15-14-23-7-3-4-9-27(23)30-25/h3-18H,2,19-20H2,1H3. The van der Waals surface area contributed by atoms with Crippen LogP contribution in [-0.4, -0.2) is 37.8 Å². The predicted octanol–water partition coefficient (Wildman–Crippen LogP) is 5.20.